The van der Waals surface area contributed by atoms with E-state index in [9.17, 15) is 0 Å². The molecule has 21 heavy (non-hydrogen) atoms. The van der Waals surface area contributed by atoms with E-state index in [-0.39, 0.29) is 0 Å². The molecule has 0 aromatic carbocycles. The van der Waals surface area contributed by atoms with Crippen LogP contribution in [-0.2, 0) is 0 Å². The topological polar surface area (TPSA) is 15.3 Å². The monoisotopic (exact) mass is 294 g/mol. The van der Waals surface area contributed by atoms with Crippen molar-refractivity contribution in [2.24, 2.45) is 11.8 Å². The maximum atomic E-state index is 3.86. The second-order valence-corrected chi connectivity index (χ2v) is 7.46. The van der Waals surface area contributed by atoms with E-state index in [2.05, 4.69) is 31.0 Å². The van der Waals surface area contributed by atoms with Gasteiger partial charge in [-0.2, -0.15) is 0 Å². The molecule has 1 heterocycles. The molecule has 2 aliphatic rings. The predicted molar refractivity (Wildman–Crippen MR) is 92.7 cm³/mol. The molecule has 1 saturated carbocycles. The van der Waals surface area contributed by atoms with Gasteiger partial charge in [0.05, 0.1) is 0 Å². The number of nitrogens with zero attached hydrogens (tertiary/aromatic N) is 1. The lowest BCUT2D eigenvalue weighted by atomic mass is 9.76. The Hall–Kier alpha value is -0.0800. The van der Waals surface area contributed by atoms with E-state index in [0.29, 0.717) is 0 Å². The number of rotatable bonds is 7. The van der Waals surface area contributed by atoms with Gasteiger partial charge in [0.15, 0.2) is 0 Å². The molecule has 2 fully saturated rings. The SMILES string of the molecule is CCCNC1CCC(CC)CC1CN1CCCCC1CC. The molecule has 1 saturated heterocycles. The average molecular weight is 295 g/mol. The van der Waals surface area contributed by atoms with Gasteiger partial charge in [-0.25, -0.2) is 0 Å². The Morgan fingerprint density at radius 2 is 1.86 bits per heavy atom. The first-order chi connectivity index (χ1) is 10.3. The first-order valence-electron chi connectivity index (χ1n) is 9.75. The van der Waals surface area contributed by atoms with Crippen LogP contribution in [0.1, 0.15) is 78.6 Å². The Morgan fingerprint density at radius 1 is 1.00 bits per heavy atom. The standard InChI is InChI=1S/C19H38N2/c1-4-12-20-19-11-10-16(5-2)14-17(19)15-21-13-8-7-9-18(21)6-3/h16-20H,4-15H2,1-3H3. The molecular formula is C19H38N2. The average Bonchev–Trinajstić information content (AvgIpc) is 2.54. The molecule has 0 radical (unpaired) electrons. The molecule has 2 rings (SSSR count). The van der Waals surface area contributed by atoms with Crippen molar-refractivity contribution in [2.45, 2.75) is 90.6 Å². The predicted octanol–water partition coefficient (Wildman–Crippen LogP) is 4.45. The van der Waals surface area contributed by atoms with Crippen molar-refractivity contribution in [3.63, 3.8) is 0 Å². The van der Waals surface area contributed by atoms with Gasteiger partial charge < -0.3 is 10.2 Å². The summed E-state index contributed by atoms with van der Waals surface area (Å²) in [4.78, 5) is 2.84. The third-order valence-electron chi connectivity index (χ3n) is 6.01. The van der Waals surface area contributed by atoms with Gasteiger partial charge in [0.2, 0.25) is 0 Å². The van der Waals surface area contributed by atoms with Crippen molar-refractivity contribution in [3.8, 4) is 0 Å². The molecule has 1 aliphatic carbocycles. The van der Waals surface area contributed by atoms with Crippen LogP contribution in [0.2, 0.25) is 0 Å². The fraction of sp³-hybridized carbons (Fsp3) is 1.00. The highest BCUT2D eigenvalue weighted by atomic mass is 15.2. The molecule has 0 spiro atoms. The minimum absolute atomic E-state index is 0.784. The minimum Gasteiger partial charge on any atom is -0.314 e. The summed E-state index contributed by atoms with van der Waals surface area (Å²) < 4.78 is 0. The highest BCUT2D eigenvalue weighted by molar-refractivity contribution is 4.88. The Labute approximate surface area is 133 Å². The zero-order chi connectivity index (χ0) is 15.1. The summed E-state index contributed by atoms with van der Waals surface area (Å²) in [5.41, 5.74) is 0. The zero-order valence-corrected chi connectivity index (χ0v) is 14.7. The van der Waals surface area contributed by atoms with Crippen LogP contribution in [0.5, 0.6) is 0 Å². The van der Waals surface area contributed by atoms with Crippen LogP contribution < -0.4 is 5.32 Å². The van der Waals surface area contributed by atoms with Gasteiger partial charge in [0.25, 0.3) is 0 Å². The number of likely N-dealkylation sites (tertiary alicyclic amines) is 1. The first-order valence-corrected chi connectivity index (χ1v) is 9.75. The zero-order valence-electron chi connectivity index (χ0n) is 14.7. The second-order valence-electron chi connectivity index (χ2n) is 7.46. The van der Waals surface area contributed by atoms with E-state index in [1.165, 1.54) is 77.4 Å². The van der Waals surface area contributed by atoms with Gasteiger partial charge in [-0.05, 0) is 69.9 Å². The van der Waals surface area contributed by atoms with E-state index >= 15 is 0 Å². The van der Waals surface area contributed by atoms with Crippen LogP contribution in [0.15, 0.2) is 0 Å². The van der Waals surface area contributed by atoms with Gasteiger partial charge >= 0.3 is 0 Å². The first kappa shape index (κ1) is 17.3. The van der Waals surface area contributed by atoms with E-state index in [0.717, 1.165) is 23.9 Å². The Morgan fingerprint density at radius 3 is 2.57 bits per heavy atom. The van der Waals surface area contributed by atoms with Crippen LogP contribution in [0, 0.1) is 11.8 Å². The van der Waals surface area contributed by atoms with Crippen LogP contribution in [0.3, 0.4) is 0 Å². The number of nitrogens with one attached hydrogen (secondary N) is 1. The van der Waals surface area contributed by atoms with Gasteiger partial charge in [0.1, 0.15) is 0 Å². The molecule has 4 atom stereocenters. The van der Waals surface area contributed by atoms with Crippen LogP contribution >= 0.6 is 0 Å². The molecule has 2 heteroatoms. The lowest BCUT2D eigenvalue weighted by Gasteiger charge is -2.43. The summed E-state index contributed by atoms with van der Waals surface area (Å²) in [6, 6.07) is 1.65. The van der Waals surface area contributed by atoms with Gasteiger partial charge in [-0.1, -0.05) is 33.6 Å². The van der Waals surface area contributed by atoms with E-state index < -0.39 is 0 Å². The summed E-state index contributed by atoms with van der Waals surface area (Å²) in [5, 5.41) is 3.86. The van der Waals surface area contributed by atoms with Gasteiger partial charge in [0, 0.05) is 18.6 Å². The van der Waals surface area contributed by atoms with Crippen molar-refractivity contribution >= 4 is 0 Å². The maximum Gasteiger partial charge on any atom is 0.0108 e. The highest BCUT2D eigenvalue weighted by Gasteiger charge is 2.32. The largest absolute Gasteiger partial charge is 0.314 e. The third-order valence-corrected chi connectivity index (χ3v) is 6.01. The molecule has 0 aromatic heterocycles. The number of hydrogen-bond acceptors (Lipinski definition) is 2. The Kier molecular flexibility index (Phi) is 7.53. The molecule has 4 unspecified atom stereocenters. The molecule has 1 N–H and O–H groups in total. The third kappa shape index (κ3) is 4.96. The van der Waals surface area contributed by atoms with Crippen LogP contribution in [0.4, 0.5) is 0 Å². The lowest BCUT2D eigenvalue weighted by Crippen LogP contribution is -2.49. The fourth-order valence-electron chi connectivity index (χ4n) is 4.60. The maximum absolute atomic E-state index is 3.86. The quantitative estimate of drug-likeness (QED) is 0.746. The summed E-state index contributed by atoms with van der Waals surface area (Å²) in [5.74, 6) is 1.88. The minimum atomic E-state index is 0.784. The van der Waals surface area contributed by atoms with Crippen molar-refractivity contribution in [1.82, 2.24) is 10.2 Å². The molecule has 124 valence electrons. The number of hydrogen-bond donors (Lipinski definition) is 1. The normalized spacial score (nSPS) is 35.0. The van der Waals surface area contributed by atoms with Crippen molar-refractivity contribution in [3.05, 3.63) is 0 Å². The summed E-state index contributed by atoms with van der Waals surface area (Å²) in [6.07, 6.45) is 12.6. The van der Waals surface area contributed by atoms with E-state index in [1.54, 1.807) is 0 Å². The van der Waals surface area contributed by atoms with Crippen molar-refractivity contribution in [2.75, 3.05) is 19.6 Å². The summed E-state index contributed by atoms with van der Waals surface area (Å²) >= 11 is 0. The van der Waals surface area contributed by atoms with E-state index in [4.69, 9.17) is 0 Å². The number of piperidine rings is 1. The Balaban J connectivity index is 1.93. The highest BCUT2D eigenvalue weighted by Crippen LogP contribution is 2.33. The van der Waals surface area contributed by atoms with E-state index in [1.807, 2.05) is 0 Å². The van der Waals surface area contributed by atoms with Crippen molar-refractivity contribution < 1.29 is 0 Å². The lowest BCUT2D eigenvalue weighted by molar-refractivity contribution is 0.0835. The smallest absolute Gasteiger partial charge is 0.0108 e. The molecule has 0 amide bonds. The van der Waals surface area contributed by atoms with Crippen molar-refractivity contribution in [1.29, 1.82) is 0 Å². The Bertz CT molecular complexity index is 279. The van der Waals surface area contributed by atoms with Crippen LogP contribution in [-0.4, -0.2) is 36.6 Å². The molecular weight excluding hydrogens is 256 g/mol. The molecule has 1 aliphatic heterocycles. The summed E-state index contributed by atoms with van der Waals surface area (Å²) in [7, 11) is 0. The summed E-state index contributed by atoms with van der Waals surface area (Å²) in [6.45, 7) is 11.0. The van der Waals surface area contributed by atoms with Crippen LogP contribution in [0.25, 0.3) is 0 Å². The second kappa shape index (κ2) is 9.15. The molecule has 0 bridgehead atoms. The molecule has 0 aromatic rings. The van der Waals surface area contributed by atoms with Gasteiger partial charge in [-0.15, -0.1) is 0 Å². The van der Waals surface area contributed by atoms with Gasteiger partial charge in [-0.3, -0.25) is 0 Å². The fourth-order valence-corrected chi connectivity index (χ4v) is 4.60. The molecule has 2 nitrogen and oxygen atoms in total.